The molecule has 0 aliphatic heterocycles. The molecule has 0 rings (SSSR count). The number of carbonyl (C=O) groups is 3. The number of carboxylic acids is 1. The summed E-state index contributed by atoms with van der Waals surface area (Å²) in [5.74, 6) is -2.00. The Bertz CT molecular complexity index is 1850. The number of esters is 2. The molecule has 0 heterocycles. The highest BCUT2D eigenvalue weighted by Crippen LogP contribution is 2.19. The molecule has 1 N–H and O–H groups in total. The Morgan fingerprint density at radius 2 is 0.613 bits per heavy atom. The Morgan fingerprint density at radius 3 is 0.914 bits per heavy atom. The molecular formula is C84H150NO8+. The number of allylic oxidation sites excluding steroid dienone is 16. The summed E-state index contributed by atoms with van der Waals surface area (Å²) in [6.45, 7) is 4.78. The van der Waals surface area contributed by atoms with Crippen LogP contribution in [-0.4, -0.2) is 87.4 Å². The van der Waals surface area contributed by atoms with Crippen molar-refractivity contribution in [2.75, 3.05) is 47.5 Å². The monoisotopic (exact) mass is 1300 g/mol. The highest BCUT2D eigenvalue weighted by molar-refractivity contribution is 5.71. The van der Waals surface area contributed by atoms with E-state index in [0.29, 0.717) is 23.9 Å². The fourth-order valence-corrected chi connectivity index (χ4v) is 11.3. The first kappa shape index (κ1) is 89.2. The molecule has 0 radical (unpaired) electrons. The zero-order chi connectivity index (χ0) is 67.5. The lowest BCUT2D eigenvalue weighted by Gasteiger charge is -2.25. The Balaban J connectivity index is 3.98. The van der Waals surface area contributed by atoms with Gasteiger partial charge in [0.15, 0.2) is 6.10 Å². The van der Waals surface area contributed by atoms with Gasteiger partial charge >= 0.3 is 17.9 Å². The normalized spacial score (nSPS) is 13.2. The van der Waals surface area contributed by atoms with Crippen LogP contribution >= 0.6 is 0 Å². The molecule has 0 fully saturated rings. The predicted octanol–water partition coefficient (Wildman–Crippen LogP) is 25.1. The molecule has 0 bridgehead atoms. The molecule has 0 aromatic heterocycles. The van der Waals surface area contributed by atoms with Gasteiger partial charge in [-0.15, -0.1) is 0 Å². The van der Waals surface area contributed by atoms with Crippen LogP contribution in [0.15, 0.2) is 97.2 Å². The van der Waals surface area contributed by atoms with Crippen LogP contribution < -0.4 is 0 Å². The standard InChI is InChI=1S/C84H149NO8/c1-6-8-10-12-14-16-18-20-22-24-26-28-30-32-34-35-36-37-38-39-40-41-42-43-44-45-46-47-49-50-52-54-56-58-60-62-64-66-68-70-72-74-81(86)91-78-80(79-92-84(83(88)89)90-77-76-85(3,4)5)93-82(87)75-73-71-69-67-65-63-61-59-57-55-53-51-48-33-31-29-27-25-23-21-19-17-15-13-11-9-7-2/h9,11,15,17-18,20-21,23-24,26-27,29,33,48,53,55,80,84H,6-8,10,12-14,16,19,22,25,28,30-32,34-47,49-52,54,56-79H2,1-5H3/p+1/b11-9-,17-15-,20-18-,23-21-,26-24-,29-27-,48-33-,55-53-. The van der Waals surface area contributed by atoms with E-state index in [1.54, 1.807) is 0 Å². The van der Waals surface area contributed by atoms with E-state index in [9.17, 15) is 19.5 Å². The number of hydrogen-bond donors (Lipinski definition) is 1. The van der Waals surface area contributed by atoms with Crippen LogP contribution in [0.4, 0.5) is 0 Å². The van der Waals surface area contributed by atoms with Crippen LogP contribution in [0.1, 0.15) is 361 Å². The van der Waals surface area contributed by atoms with E-state index in [4.69, 9.17) is 18.9 Å². The van der Waals surface area contributed by atoms with Gasteiger partial charge in [-0.3, -0.25) is 9.59 Å². The number of unbranched alkanes of at least 4 members (excludes halogenated alkanes) is 42. The third-order valence-electron chi connectivity index (χ3n) is 17.3. The number of hydrogen-bond acceptors (Lipinski definition) is 7. The Kier molecular flexibility index (Phi) is 71.0. The lowest BCUT2D eigenvalue weighted by molar-refractivity contribution is -0.870. The molecule has 2 atom stereocenters. The molecule has 0 aromatic rings. The summed E-state index contributed by atoms with van der Waals surface area (Å²) in [5.41, 5.74) is 0. The summed E-state index contributed by atoms with van der Waals surface area (Å²) in [4.78, 5) is 37.7. The second-order valence-electron chi connectivity index (χ2n) is 27.6. The zero-order valence-corrected chi connectivity index (χ0v) is 61.7. The molecule has 0 spiro atoms. The van der Waals surface area contributed by atoms with Gasteiger partial charge in [0.1, 0.15) is 13.2 Å². The number of quaternary nitrogens is 1. The summed E-state index contributed by atoms with van der Waals surface area (Å²) in [6, 6.07) is 0. The van der Waals surface area contributed by atoms with E-state index in [2.05, 4.69) is 111 Å². The fourth-order valence-electron chi connectivity index (χ4n) is 11.3. The van der Waals surface area contributed by atoms with Gasteiger partial charge in [0.25, 0.3) is 6.29 Å². The van der Waals surface area contributed by atoms with Gasteiger partial charge in [0, 0.05) is 12.8 Å². The van der Waals surface area contributed by atoms with Crippen LogP contribution in [0.3, 0.4) is 0 Å². The molecule has 0 aliphatic rings. The summed E-state index contributed by atoms with van der Waals surface area (Å²) < 4.78 is 23.0. The maximum atomic E-state index is 13.0. The fraction of sp³-hybridized carbons (Fsp3) is 0.774. The number of carbonyl (C=O) groups excluding carboxylic acids is 2. The molecule has 9 heteroatoms. The third-order valence-corrected chi connectivity index (χ3v) is 17.3. The number of carboxylic acid groups (broad SMARTS) is 1. The summed E-state index contributed by atoms with van der Waals surface area (Å²) in [5, 5.41) is 9.76. The molecule has 0 saturated carbocycles. The highest BCUT2D eigenvalue weighted by atomic mass is 16.7. The van der Waals surface area contributed by atoms with Crippen molar-refractivity contribution in [2.24, 2.45) is 0 Å². The minimum absolute atomic E-state index is 0.183. The Hall–Kier alpha value is -3.79. The summed E-state index contributed by atoms with van der Waals surface area (Å²) >= 11 is 0. The van der Waals surface area contributed by atoms with Crippen molar-refractivity contribution >= 4 is 17.9 Å². The van der Waals surface area contributed by atoms with Crippen LogP contribution in [0.5, 0.6) is 0 Å². The second kappa shape index (κ2) is 74.0. The van der Waals surface area contributed by atoms with E-state index < -0.39 is 24.3 Å². The van der Waals surface area contributed by atoms with E-state index in [-0.39, 0.29) is 32.2 Å². The average Bonchev–Trinajstić information content (AvgIpc) is 3.38. The van der Waals surface area contributed by atoms with Crippen LogP contribution in [0.2, 0.25) is 0 Å². The van der Waals surface area contributed by atoms with Gasteiger partial charge in [-0.2, -0.15) is 0 Å². The van der Waals surface area contributed by atoms with Crippen LogP contribution in [0, 0.1) is 0 Å². The first-order valence-electron chi connectivity index (χ1n) is 39.4. The zero-order valence-electron chi connectivity index (χ0n) is 61.7. The quantitative estimate of drug-likeness (QED) is 0.0211. The smallest absolute Gasteiger partial charge is 0.361 e. The molecule has 0 saturated heterocycles. The van der Waals surface area contributed by atoms with Gasteiger partial charge in [0.05, 0.1) is 34.4 Å². The van der Waals surface area contributed by atoms with Crippen molar-refractivity contribution < 1.29 is 42.9 Å². The Morgan fingerprint density at radius 1 is 0.333 bits per heavy atom. The SMILES string of the molecule is CC/C=C\C/C=C\C/C=C\C/C=C\C/C=C\C/C=C\CCCCCCCCCCC(=O)OC(COC(=O)CCCCCCCCCCCCCCCCCCCCCCCCCCCCCCC/C=C\C/C=C\CCCCCCC)COC(OCC[N+](C)(C)C)C(=O)O. The van der Waals surface area contributed by atoms with Gasteiger partial charge in [-0.25, -0.2) is 4.79 Å². The van der Waals surface area contributed by atoms with E-state index in [0.717, 1.165) is 89.9 Å². The highest BCUT2D eigenvalue weighted by Gasteiger charge is 2.25. The predicted molar refractivity (Wildman–Crippen MR) is 401 cm³/mol. The number of nitrogens with zero attached hydrogens (tertiary/aromatic N) is 1. The van der Waals surface area contributed by atoms with E-state index >= 15 is 0 Å². The van der Waals surface area contributed by atoms with E-state index in [1.165, 1.54) is 238 Å². The second-order valence-corrected chi connectivity index (χ2v) is 27.6. The number of aliphatic carboxylic acids is 1. The van der Waals surface area contributed by atoms with E-state index in [1.807, 2.05) is 21.1 Å². The van der Waals surface area contributed by atoms with Crippen molar-refractivity contribution in [3.05, 3.63) is 97.2 Å². The molecule has 0 aliphatic carbocycles. The van der Waals surface area contributed by atoms with Crippen molar-refractivity contribution in [3.8, 4) is 0 Å². The minimum Gasteiger partial charge on any atom is -0.477 e. The summed E-state index contributed by atoms with van der Waals surface area (Å²) in [6.07, 6.45) is 99.9. The molecule has 93 heavy (non-hydrogen) atoms. The van der Waals surface area contributed by atoms with Crippen molar-refractivity contribution in [1.29, 1.82) is 0 Å². The Labute approximate surface area is 575 Å². The molecule has 0 aromatic carbocycles. The first-order valence-corrected chi connectivity index (χ1v) is 39.4. The third kappa shape index (κ3) is 75.5. The van der Waals surface area contributed by atoms with Gasteiger partial charge < -0.3 is 28.5 Å². The number of rotatable bonds is 73. The molecule has 9 nitrogen and oxygen atoms in total. The maximum Gasteiger partial charge on any atom is 0.361 e. The molecular weight excluding hydrogens is 1150 g/mol. The lowest BCUT2D eigenvalue weighted by Crippen LogP contribution is -2.40. The molecule has 0 amide bonds. The lowest BCUT2D eigenvalue weighted by atomic mass is 10.0. The van der Waals surface area contributed by atoms with Gasteiger partial charge in [-0.1, -0.05) is 349 Å². The minimum atomic E-state index is -1.52. The van der Waals surface area contributed by atoms with Crippen molar-refractivity contribution in [1.82, 2.24) is 0 Å². The van der Waals surface area contributed by atoms with Crippen LogP contribution in [-0.2, 0) is 33.3 Å². The largest absolute Gasteiger partial charge is 0.477 e. The number of likely N-dealkylation sites (N-methyl/N-ethyl adjacent to an activating group) is 1. The molecule has 538 valence electrons. The van der Waals surface area contributed by atoms with Gasteiger partial charge in [-0.05, 0) is 96.3 Å². The first-order chi connectivity index (χ1) is 45.6. The van der Waals surface area contributed by atoms with Crippen molar-refractivity contribution in [3.63, 3.8) is 0 Å². The summed E-state index contributed by atoms with van der Waals surface area (Å²) in [7, 11) is 5.98. The number of ether oxygens (including phenoxy) is 4. The van der Waals surface area contributed by atoms with Crippen molar-refractivity contribution in [2.45, 2.75) is 373 Å². The maximum absolute atomic E-state index is 13.0. The van der Waals surface area contributed by atoms with Gasteiger partial charge in [0.2, 0.25) is 0 Å². The van der Waals surface area contributed by atoms with Crippen LogP contribution in [0.25, 0.3) is 0 Å². The molecule has 2 unspecified atom stereocenters. The average molecular weight is 1300 g/mol. The topological polar surface area (TPSA) is 108 Å².